The van der Waals surface area contributed by atoms with Gasteiger partial charge in [-0.3, -0.25) is 0 Å². The van der Waals surface area contributed by atoms with E-state index in [0.29, 0.717) is 0 Å². The van der Waals surface area contributed by atoms with Crippen LogP contribution >= 0.6 is 15.9 Å². The van der Waals surface area contributed by atoms with Gasteiger partial charge in [0, 0.05) is 23.8 Å². The van der Waals surface area contributed by atoms with E-state index < -0.39 is 0 Å². The van der Waals surface area contributed by atoms with Crippen molar-refractivity contribution in [3.63, 3.8) is 0 Å². The van der Waals surface area contributed by atoms with Crippen LogP contribution in [-0.4, -0.2) is 23.1 Å². The van der Waals surface area contributed by atoms with Crippen LogP contribution in [0.25, 0.3) is 0 Å². The Morgan fingerprint density at radius 2 is 1.86 bits per heavy atom. The van der Waals surface area contributed by atoms with E-state index >= 15 is 0 Å². The van der Waals surface area contributed by atoms with Gasteiger partial charge in [-0.15, -0.1) is 0 Å². The molecule has 0 unspecified atom stereocenters. The number of rotatable bonds is 7. The molecule has 0 aliphatic rings. The predicted octanol–water partition coefficient (Wildman–Crippen LogP) is 4.92. The first-order valence-corrected chi connectivity index (χ1v) is 8.54. The third-order valence-corrected chi connectivity index (χ3v) is 3.96. The van der Waals surface area contributed by atoms with E-state index in [1.807, 2.05) is 12.3 Å². The molecule has 1 aromatic heterocycles. The summed E-state index contributed by atoms with van der Waals surface area (Å²) in [6, 6.07) is 8.11. The standard InChI is InChI=1S/C17H23BrN4/c1-4-10-22(11-5-2)17-19-9-8-16(21-17)20-15-7-6-13(3)12-14(15)18/h6-9,12H,4-5,10-11H2,1-3H3,(H,19,20,21). The second-order valence-electron chi connectivity index (χ2n) is 5.34. The second kappa shape index (κ2) is 8.13. The number of aromatic nitrogens is 2. The van der Waals surface area contributed by atoms with E-state index in [0.717, 1.165) is 47.9 Å². The van der Waals surface area contributed by atoms with E-state index in [4.69, 9.17) is 0 Å². The topological polar surface area (TPSA) is 41.1 Å². The summed E-state index contributed by atoms with van der Waals surface area (Å²) >= 11 is 3.59. The highest BCUT2D eigenvalue weighted by Crippen LogP contribution is 2.26. The summed E-state index contributed by atoms with van der Waals surface area (Å²) in [7, 11) is 0. The molecule has 0 radical (unpaired) electrons. The van der Waals surface area contributed by atoms with Crippen molar-refractivity contribution >= 4 is 33.4 Å². The average Bonchev–Trinajstić information content (AvgIpc) is 2.50. The summed E-state index contributed by atoms with van der Waals surface area (Å²) in [5.74, 6) is 1.60. The van der Waals surface area contributed by atoms with E-state index in [1.54, 1.807) is 0 Å². The lowest BCUT2D eigenvalue weighted by Crippen LogP contribution is -2.27. The van der Waals surface area contributed by atoms with Gasteiger partial charge in [0.1, 0.15) is 5.82 Å². The van der Waals surface area contributed by atoms with Gasteiger partial charge in [-0.1, -0.05) is 19.9 Å². The van der Waals surface area contributed by atoms with Crippen molar-refractivity contribution in [2.24, 2.45) is 0 Å². The smallest absolute Gasteiger partial charge is 0.227 e. The van der Waals surface area contributed by atoms with Crippen LogP contribution in [0.5, 0.6) is 0 Å². The van der Waals surface area contributed by atoms with Gasteiger partial charge >= 0.3 is 0 Å². The highest BCUT2D eigenvalue weighted by atomic mass is 79.9. The minimum Gasteiger partial charge on any atom is -0.341 e. The number of hydrogen-bond donors (Lipinski definition) is 1. The fourth-order valence-corrected chi connectivity index (χ4v) is 2.87. The van der Waals surface area contributed by atoms with Crippen LogP contribution in [0.1, 0.15) is 32.3 Å². The Morgan fingerprint density at radius 3 is 2.50 bits per heavy atom. The van der Waals surface area contributed by atoms with E-state index in [2.05, 4.69) is 75.1 Å². The molecule has 0 saturated carbocycles. The van der Waals surface area contributed by atoms with Crippen molar-refractivity contribution in [2.75, 3.05) is 23.3 Å². The summed E-state index contributed by atoms with van der Waals surface area (Å²) in [4.78, 5) is 11.3. The molecule has 118 valence electrons. The molecule has 2 rings (SSSR count). The molecule has 0 amide bonds. The fourth-order valence-electron chi connectivity index (χ4n) is 2.28. The fraction of sp³-hybridized carbons (Fsp3) is 0.412. The SMILES string of the molecule is CCCN(CCC)c1nccc(Nc2ccc(C)cc2Br)n1. The quantitative estimate of drug-likeness (QED) is 0.758. The Morgan fingerprint density at radius 1 is 1.14 bits per heavy atom. The lowest BCUT2D eigenvalue weighted by molar-refractivity contribution is 0.722. The molecular weight excluding hydrogens is 340 g/mol. The number of nitrogens with zero attached hydrogens (tertiary/aromatic N) is 3. The molecule has 0 atom stereocenters. The molecule has 4 nitrogen and oxygen atoms in total. The van der Waals surface area contributed by atoms with Crippen LogP contribution in [0, 0.1) is 6.92 Å². The van der Waals surface area contributed by atoms with Gasteiger partial charge in [0.05, 0.1) is 5.69 Å². The van der Waals surface area contributed by atoms with Crippen molar-refractivity contribution < 1.29 is 0 Å². The number of nitrogens with one attached hydrogen (secondary N) is 1. The van der Waals surface area contributed by atoms with Crippen LogP contribution in [0.15, 0.2) is 34.9 Å². The zero-order chi connectivity index (χ0) is 15.9. The van der Waals surface area contributed by atoms with Crippen LogP contribution < -0.4 is 10.2 Å². The maximum absolute atomic E-state index is 4.65. The van der Waals surface area contributed by atoms with Crippen molar-refractivity contribution in [2.45, 2.75) is 33.6 Å². The number of benzene rings is 1. The monoisotopic (exact) mass is 362 g/mol. The molecule has 1 aromatic carbocycles. The second-order valence-corrected chi connectivity index (χ2v) is 6.19. The first-order valence-electron chi connectivity index (χ1n) is 7.75. The zero-order valence-corrected chi connectivity index (χ0v) is 15.0. The van der Waals surface area contributed by atoms with E-state index in [1.165, 1.54) is 5.56 Å². The zero-order valence-electron chi connectivity index (χ0n) is 13.4. The summed E-state index contributed by atoms with van der Waals surface area (Å²) in [6.07, 6.45) is 3.99. The van der Waals surface area contributed by atoms with Gasteiger partial charge in [-0.25, -0.2) is 4.98 Å². The van der Waals surface area contributed by atoms with Crippen LogP contribution in [0.4, 0.5) is 17.5 Å². The molecular formula is C17H23BrN4. The first kappa shape index (κ1) is 16.7. The molecule has 0 bridgehead atoms. The van der Waals surface area contributed by atoms with Crippen molar-refractivity contribution in [1.82, 2.24) is 9.97 Å². The number of anilines is 3. The maximum atomic E-state index is 4.65. The average molecular weight is 363 g/mol. The van der Waals surface area contributed by atoms with Gasteiger partial charge in [-0.05, 0) is 59.5 Å². The minimum atomic E-state index is 0.789. The Bertz CT molecular complexity index is 609. The van der Waals surface area contributed by atoms with Crippen molar-refractivity contribution in [1.29, 1.82) is 0 Å². The molecule has 0 spiro atoms. The highest BCUT2D eigenvalue weighted by molar-refractivity contribution is 9.10. The molecule has 0 aliphatic carbocycles. The summed E-state index contributed by atoms with van der Waals surface area (Å²) in [6.45, 7) is 8.38. The van der Waals surface area contributed by atoms with Gasteiger partial charge in [0.15, 0.2) is 0 Å². The van der Waals surface area contributed by atoms with E-state index in [-0.39, 0.29) is 0 Å². The molecule has 1 heterocycles. The Balaban J connectivity index is 2.20. The molecule has 0 aliphatic heterocycles. The first-order chi connectivity index (χ1) is 10.6. The number of aryl methyl sites for hydroxylation is 1. The summed E-state index contributed by atoms with van der Waals surface area (Å²) < 4.78 is 1.03. The van der Waals surface area contributed by atoms with Crippen molar-refractivity contribution in [3.05, 3.63) is 40.5 Å². The van der Waals surface area contributed by atoms with Crippen LogP contribution in [0.3, 0.4) is 0 Å². The van der Waals surface area contributed by atoms with Gasteiger partial charge in [0.2, 0.25) is 5.95 Å². The normalized spacial score (nSPS) is 10.5. The number of halogens is 1. The minimum absolute atomic E-state index is 0.789. The van der Waals surface area contributed by atoms with Gasteiger partial charge < -0.3 is 10.2 Å². The molecule has 2 aromatic rings. The van der Waals surface area contributed by atoms with Gasteiger partial charge in [-0.2, -0.15) is 4.98 Å². The van der Waals surface area contributed by atoms with Crippen LogP contribution in [-0.2, 0) is 0 Å². The van der Waals surface area contributed by atoms with Gasteiger partial charge in [0.25, 0.3) is 0 Å². The predicted molar refractivity (Wildman–Crippen MR) is 97.0 cm³/mol. The highest BCUT2D eigenvalue weighted by Gasteiger charge is 2.09. The third-order valence-electron chi connectivity index (χ3n) is 3.30. The Kier molecular flexibility index (Phi) is 6.19. The lowest BCUT2D eigenvalue weighted by Gasteiger charge is -2.21. The Hall–Kier alpha value is -1.62. The maximum Gasteiger partial charge on any atom is 0.227 e. The Labute approximate surface area is 141 Å². The largest absolute Gasteiger partial charge is 0.341 e. The van der Waals surface area contributed by atoms with E-state index in [9.17, 15) is 0 Å². The lowest BCUT2D eigenvalue weighted by atomic mass is 10.2. The molecule has 5 heteroatoms. The molecule has 0 saturated heterocycles. The van der Waals surface area contributed by atoms with Crippen LogP contribution in [0.2, 0.25) is 0 Å². The molecule has 22 heavy (non-hydrogen) atoms. The summed E-state index contributed by atoms with van der Waals surface area (Å²) in [5.41, 5.74) is 2.23. The third kappa shape index (κ3) is 4.44. The molecule has 0 fully saturated rings. The van der Waals surface area contributed by atoms with Crippen molar-refractivity contribution in [3.8, 4) is 0 Å². The summed E-state index contributed by atoms with van der Waals surface area (Å²) in [5, 5.41) is 3.35. The molecule has 1 N–H and O–H groups in total. The number of hydrogen-bond acceptors (Lipinski definition) is 4.